The molecule has 0 spiro atoms. The maximum absolute atomic E-state index is 14.1. The van der Waals surface area contributed by atoms with Crippen molar-refractivity contribution in [3.05, 3.63) is 76.5 Å². The van der Waals surface area contributed by atoms with Gasteiger partial charge < -0.3 is 14.6 Å². The van der Waals surface area contributed by atoms with Gasteiger partial charge in [-0.1, -0.05) is 24.0 Å². The summed E-state index contributed by atoms with van der Waals surface area (Å²) in [6, 6.07) is 9.08. The second-order valence-electron chi connectivity index (χ2n) is 9.40. The SMILES string of the molecule is C=N/C(=C\C=C(/C)C#Cc1ccccc1S(=O)(=O)N(C(=O)OC(C)(C)C)c1ccc(OC)c(C)c1C)C(=O)O. The molecular weight excluding hydrogens is 520 g/mol. The van der Waals surface area contributed by atoms with Gasteiger partial charge in [-0.25, -0.2) is 18.0 Å². The zero-order chi connectivity index (χ0) is 29.5. The Bertz CT molecular complexity index is 1520. The summed E-state index contributed by atoms with van der Waals surface area (Å²) in [7, 11) is -3.02. The van der Waals surface area contributed by atoms with Gasteiger partial charge in [-0.05, 0) is 101 Å². The fourth-order valence-electron chi connectivity index (χ4n) is 3.35. The predicted octanol–water partition coefficient (Wildman–Crippen LogP) is 5.41. The van der Waals surface area contributed by atoms with Crippen LogP contribution in [0.2, 0.25) is 0 Å². The predicted molar refractivity (Wildman–Crippen MR) is 151 cm³/mol. The quantitative estimate of drug-likeness (QED) is 0.211. The number of hydrogen-bond acceptors (Lipinski definition) is 7. The maximum Gasteiger partial charge on any atom is 0.429 e. The Morgan fingerprint density at radius 2 is 1.72 bits per heavy atom. The van der Waals surface area contributed by atoms with Gasteiger partial charge in [0, 0.05) is 5.56 Å². The van der Waals surface area contributed by atoms with Crippen LogP contribution >= 0.6 is 0 Å². The number of sulfonamides is 1. The first kappa shape index (κ1) is 30.9. The van der Waals surface area contributed by atoms with E-state index in [9.17, 15) is 18.0 Å². The number of hydrogen-bond donors (Lipinski definition) is 1. The van der Waals surface area contributed by atoms with Crippen LogP contribution in [0.15, 0.2) is 69.7 Å². The Morgan fingerprint density at radius 1 is 1.08 bits per heavy atom. The molecule has 0 fully saturated rings. The molecule has 0 heterocycles. The summed E-state index contributed by atoms with van der Waals surface area (Å²) in [4.78, 5) is 27.7. The molecule has 9 nitrogen and oxygen atoms in total. The molecule has 2 aromatic carbocycles. The van der Waals surface area contributed by atoms with Crippen LogP contribution in [0.25, 0.3) is 0 Å². The topological polar surface area (TPSA) is 123 Å². The number of carbonyl (C=O) groups is 2. The first-order valence-corrected chi connectivity index (χ1v) is 13.2. The highest BCUT2D eigenvalue weighted by Crippen LogP contribution is 2.35. The van der Waals surface area contributed by atoms with Crippen LogP contribution in [0.4, 0.5) is 10.5 Å². The van der Waals surface area contributed by atoms with E-state index in [1.165, 1.54) is 43.5 Å². The van der Waals surface area contributed by atoms with E-state index in [2.05, 4.69) is 23.6 Å². The number of aliphatic imine (C=N–C) groups is 1. The molecule has 0 bridgehead atoms. The molecule has 1 N–H and O–H groups in total. The summed E-state index contributed by atoms with van der Waals surface area (Å²) < 4.78 is 39.7. The van der Waals surface area contributed by atoms with E-state index >= 15 is 0 Å². The number of anilines is 1. The summed E-state index contributed by atoms with van der Waals surface area (Å²) in [5.41, 5.74) is 0.630. The molecule has 2 aromatic rings. The molecule has 0 aliphatic carbocycles. The largest absolute Gasteiger partial charge is 0.496 e. The smallest absolute Gasteiger partial charge is 0.429 e. The lowest BCUT2D eigenvalue weighted by molar-refractivity contribution is -0.132. The number of aliphatic carboxylic acids is 1. The zero-order valence-corrected chi connectivity index (χ0v) is 23.8. The van der Waals surface area contributed by atoms with Crippen LogP contribution in [0.1, 0.15) is 44.4 Å². The van der Waals surface area contributed by atoms with E-state index in [-0.39, 0.29) is 21.8 Å². The van der Waals surface area contributed by atoms with E-state index in [0.717, 1.165) is 0 Å². The van der Waals surface area contributed by atoms with Gasteiger partial charge >= 0.3 is 12.1 Å². The Labute approximate surface area is 229 Å². The summed E-state index contributed by atoms with van der Waals surface area (Å²) in [5, 5.41) is 9.06. The average Bonchev–Trinajstić information content (AvgIpc) is 2.84. The van der Waals surface area contributed by atoms with Crippen molar-refractivity contribution in [1.82, 2.24) is 0 Å². The Morgan fingerprint density at radius 3 is 2.28 bits per heavy atom. The van der Waals surface area contributed by atoms with Gasteiger partial charge in [0.2, 0.25) is 0 Å². The molecule has 2 rings (SSSR count). The number of amides is 1. The van der Waals surface area contributed by atoms with E-state index < -0.39 is 27.7 Å². The molecule has 0 unspecified atom stereocenters. The maximum atomic E-state index is 14.1. The highest BCUT2D eigenvalue weighted by molar-refractivity contribution is 7.93. The minimum atomic E-state index is -4.52. The third-order valence-corrected chi connectivity index (χ3v) is 7.13. The first-order valence-electron chi connectivity index (χ1n) is 11.8. The lowest BCUT2D eigenvalue weighted by atomic mass is 10.1. The molecule has 0 radical (unpaired) electrons. The minimum absolute atomic E-state index is 0.115. The Hall–Kier alpha value is -4.36. The summed E-state index contributed by atoms with van der Waals surface area (Å²) in [6.45, 7) is 13.2. The molecule has 39 heavy (non-hydrogen) atoms. The van der Waals surface area contributed by atoms with E-state index in [1.54, 1.807) is 53.7 Å². The van der Waals surface area contributed by atoms with Crippen molar-refractivity contribution in [3.8, 4) is 17.6 Å². The van der Waals surface area contributed by atoms with Gasteiger partial charge in [-0.15, -0.1) is 0 Å². The zero-order valence-electron chi connectivity index (χ0n) is 23.0. The fourth-order valence-corrected chi connectivity index (χ4v) is 4.88. The molecule has 0 aliphatic rings. The summed E-state index contributed by atoms with van der Waals surface area (Å²) >= 11 is 0. The molecule has 0 saturated heterocycles. The molecule has 0 saturated carbocycles. The van der Waals surface area contributed by atoms with Gasteiger partial charge in [0.05, 0.1) is 12.8 Å². The van der Waals surface area contributed by atoms with Gasteiger partial charge in [0.1, 0.15) is 21.9 Å². The van der Waals surface area contributed by atoms with Crippen LogP contribution in [-0.2, 0) is 19.6 Å². The number of carbonyl (C=O) groups excluding carboxylic acids is 1. The van der Waals surface area contributed by atoms with Crippen molar-refractivity contribution in [3.63, 3.8) is 0 Å². The van der Waals surface area contributed by atoms with Gasteiger partial charge in [0.15, 0.2) is 0 Å². The number of carboxylic acids is 1. The second-order valence-corrected chi connectivity index (χ2v) is 11.2. The molecule has 0 aliphatic heterocycles. The van der Waals surface area contributed by atoms with Gasteiger partial charge in [-0.2, -0.15) is 4.31 Å². The number of ether oxygens (including phenoxy) is 2. The normalized spacial score (nSPS) is 12.2. The number of nitrogens with zero attached hydrogens (tertiary/aromatic N) is 2. The standard InChI is InChI=1S/C29H32N2O7S/c1-19(14-16-23(30-7)27(32)33)13-15-22-11-9-10-12-26(22)39(35,36)31(28(34)38-29(4,5)6)24-17-18-25(37-8)21(3)20(24)2/h9-12,14,16-18H,7H2,1-6,8H3,(H,32,33)/b19-14+,23-16-. The van der Waals surface area contributed by atoms with E-state index in [0.29, 0.717) is 26.8 Å². The number of methoxy groups -OCH3 is 1. The van der Waals surface area contributed by atoms with E-state index in [1.807, 2.05) is 0 Å². The number of carboxylic acid groups (broad SMARTS) is 1. The second kappa shape index (κ2) is 12.5. The molecular formula is C29H32N2O7S. The van der Waals surface area contributed by atoms with Crippen LogP contribution in [0.3, 0.4) is 0 Å². The lowest BCUT2D eigenvalue weighted by Gasteiger charge is -2.29. The van der Waals surface area contributed by atoms with Crippen LogP contribution in [-0.4, -0.2) is 45.0 Å². The first-order chi connectivity index (χ1) is 18.1. The third-order valence-electron chi connectivity index (χ3n) is 5.39. The van der Waals surface area contributed by atoms with E-state index in [4.69, 9.17) is 14.6 Å². The average molecular weight is 553 g/mol. The lowest BCUT2D eigenvalue weighted by Crippen LogP contribution is -2.41. The highest BCUT2D eigenvalue weighted by Gasteiger charge is 2.37. The van der Waals surface area contributed by atoms with Crippen LogP contribution < -0.4 is 9.04 Å². The van der Waals surface area contributed by atoms with Crippen molar-refractivity contribution in [1.29, 1.82) is 0 Å². The van der Waals surface area contributed by atoms with Crippen LogP contribution in [0, 0.1) is 25.7 Å². The van der Waals surface area contributed by atoms with Gasteiger partial charge in [-0.3, -0.25) is 4.99 Å². The van der Waals surface area contributed by atoms with Gasteiger partial charge in [0.25, 0.3) is 10.0 Å². The number of allylic oxidation sites excluding steroid dienone is 3. The fraction of sp³-hybridized carbons (Fsp3) is 0.276. The Kier molecular flexibility index (Phi) is 9.86. The molecule has 0 aromatic heterocycles. The molecule has 0 atom stereocenters. The van der Waals surface area contributed by atoms with Crippen LogP contribution in [0.5, 0.6) is 5.75 Å². The van der Waals surface area contributed by atoms with Crippen molar-refractivity contribution in [2.75, 3.05) is 11.4 Å². The molecule has 10 heteroatoms. The summed E-state index contributed by atoms with van der Waals surface area (Å²) in [6.07, 6.45) is 1.59. The number of rotatable bonds is 7. The third kappa shape index (κ3) is 7.58. The molecule has 1 amide bonds. The Balaban J connectivity index is 2.72. The summed E-state index contributed by atoms with van der Waals surface area (Å²) in [5.74, 6) is 4.91. The van der Waals surface area contributed by atoms with Crippen molar-refractivity contribution in [2.24, 2.45) is 4.99 Å². The number of benzene rings is 2. The highest BCUT2D eigenvalue weighted by atomic mass is 32.2. The van der Waals surface area contributed by atoms with Crippen molar-refractivity contribution >= 4 is 34.5 Å². The van der Waals surface area contributed by atoms with Crippen molar-refractivity contribution < 1.29 is 32.6 Å². The monoisotopic (exact) mass is 552 g/mol. The van der Waals surface area contributed by atoms with Crippen molar-refractivity contribution in [2.45, 2.75) is 52.0 Å². The minimum Gasteiger partial charge on any atom is -0.496 e. The molecule has 206 valence electrons.